The van der Waals surface area contributed by atoms with Crippen LogP contribution in [0.3, 0.4) is 0 Å². The average molecular weight is 180 g/mol. The zero-order valence-corrected chi connectivity index (χ0v) is 6.24. The second-order valence-electron chi connectivity index (χ2n) is 2.72. The standard InChI is InChI=1S/C6H12O6/c7-1-2(8)5-3(9)4(10)6(11)12-5/h2-11H,1H2/t2?,3-,4-,5-,6-/m0/s1. The zero-order valence-electron chi connectivity index (χ0n) is 6.24. The fraction of sp³-hybridized carbons (Fsp3) is 1.00. The van der Waals surface area contributed by atoms with Crippen LogP contribution in [0.4, 0.5) is 0 Å². The number of hydrogen-bond acceptors (Lipinski definition) is 6. The first-order chi connectivity index (χ1) is 5.57. The fourth-order valence-electron chi connectivity index (χ4n) is 1.11. The maximum absolute atomic E-state index is 9.12. The topological polar surface area (TPSA) is 110 Å². The van der Waals surface area contributed by atoms with Gasteiger partial charge in [0.2, 0.25) is 0 Å². The second-order valence-corrected chi connectivity index (χ2v) is 2.72. The normalized spacial score (nSPS) is 44.8. The van der Waals surface area contributed by atoms with E-state index in [-0.39, 0.29) is 0 Å². The molecule has 0 aromatic heterocycles. The number of rotatable bonds is 2. The minimum Gasteiger partial charge on any atom is -0.394 e. The van der Waals surface area contributed by atoms with E-state index in [1.165, 1.54) is 0 Å². The van der Waals surface area contributed by atoms with Gasteiger partial charge in [-0.1, -0.05) is 0 Å². The number of aliphatic hydroxyl groups excluding tert-OH is 5. The van der Waals surface area contributed by atoms with Gasteiger partial charge in [0, 0.05) is 0 Å². The van der Waals surface area contributed by atoms with Gasteiger partial charge in [0.05, 0.1) is 6.61 Å². The molecule has 1 saturated heterocycles. The lowest BCUT2D eigenvalue weighted by Gasteiger charge is -2.18. The van der Waals surface area contributed by atoms with Crippen LogP contribution >= 0.6 is 0 Å². The van der Waals surface area contributed by atoms with E-state index in [2.05, 4.69) is 4.74 Å². The SMILES string of the molecule is OCC(O)[C@@H]1O[C@H](O)[C@@H](O)[C@@H]1O. The summed E-state index contributed by atoms with van der Waals surface area (Å²) in [7, 11) is 0. The third kappa shape index (κ3) is 1.58. The molecule has 0 bridgehead atoms. The molecule has 12 heavy (non-hydrogen) atoms. The van der Waals surface area contributed by atoms with E-state index in [0.717, 1.165) is 0 Å². The molecule has 1 fully saturated rings. The van der Waals surface area contributed by atoms with Crippen molar-refractivity contribution in [1.82, 2.24) is 0 Å². The summed E-state index contributed by atoms with van der Waals surface area (Å²) in [6, 6.07) is 0. The molecule has 1 unspecified atom stereocenters. The molecule has 1 rings (SSSR count). The number of ether oxygens (including phenoxy) is 1. The Bertz CT molecular complexity index is 151. The van der Waals surface area contributed by atoms with Crippen molar-refractivity contribution >= 4 is 0 Å². The summed E-state index contributed by atoms with van der Waals surface area (Å²) < 4.78 is 4.58. The number of aliphatic hydroxyl groups is 5. The molecule has 1 heterocycles. The molecule has 0 amide bonds. The van der Waals surface area contributed by atoms with Gasteiger partial charge in [0.15, 0.2) is 6.29 Å². The summed E-state index contributed by atoms with van der Waals surface area (Å²) in [5.41, 5.74) is 0. The van der Waals surface area contributed by atoms with Gasteiger partial charge >= 0.3 is 0 Å². The molecule has 0 saturated carbocycles. The Kier molecular flexibility index (Phi) is 2.99. The first-order valence-corrected chi connectivity index (χ1v) is 3.56. The van der Waals surface area contributed by atoms with Crippen molar-refractivity contribution in [2.75, 3.05) is 6.61 Å². The molecule has 5 N–H and O–H groups in total. The highest BCUT2D eigenvalue weighted by atomic mass is 16.6. The maximum Gasteiger partial charge on any atom is 0.184 e. The highest BCUT2D eigenvalue weighted by molar-refractivity contribution is 4.89. The predicted octanol–water partition coefficient (Wildman–Crippen LogP) is -3.22. The van der Waals surface area contributed by atoms with E-state index in [4.69, 9.17) is 25.5 Å². The van der Waals surface area contributed by atoms with Gasteiger partial charge in [-0.25, -0.2) is 0 Å². The van der Waals surface area contributed by atoms with E-state index in [1.54, 1.807) is 0 Å². The summed E-state index contributed by atoms with van der Waals surface area (Å²) >= 11 is 0. The van der Waals surface area contributed by atoms with Crippen LogP contribution in [0.15, 0.2) is 0 Å². The lowest BCUT2D eigenvalue weighted by atomic mass is 10.1. The highest BCUT2D eigenvalue weighted by Gasteiger charge is 2.44. The number of hydrogen-bond donors (Lipinski definition) is 5. The van der Waals surface area contributed by atoms with E-state index in [1.807, 2.05) is 0 Å². The van der Waals surface area contributed by atoms with Crippen molar-refractivity contribution in [2.24, 2.45) is 0 Å². The smallest absolute Gasteiger partial charge is 0.184 e. The van der Waals surface area contributed by atoms with Crippen molar-refractivity contribution < 1.29 is 30.3 Å². The largest absolute Gasteiger partial charge is 0.394 e. The summed E-state index contributed by atoms with van der Waals surface area (Å²) in [4.78, 5) is 0. The van der Waals surface area contributed by atoms with E-state index in [0.29, 0.717) is 0 Å². The van der Waals surface area contributed by atoms with E-state index in [9.17, 15) is 0 Å². The molecule has 0 aliphatic carbocycles. The molecule has 0 aromatic carbocycles. The summed E-state index contributed by atoms with van der Waals surface area (Å²) in [6.07, 6.45) is -6.75. The van der Waals surface area contributed by atoms with Crippen molar-refractivity contribution in [3.63, 3.8) is 0 Å². The van der Waals surface area contributed by atoms with Gasteiger partial charge in [0.25, 0.3) is 0 Å². The zero-order chi connectivity index (χ0) is 9.30. The van der Waals surface area contributed by atoms with E-state index >= 15 is 0 Å². The minimum absolute atomic E-state index is 0.596. The van der Waals surface area contributed by atoms with Crippen molar-refractivity contribution in [3.05, 3.63) is 0 Å². The van der Waals surface area contributed by atoms with Crippen LogP contribution < -0.4 is 0 Å². The van der Waals surface area contributed by atoms with Crippen molar-refractivity contribution in [3.8, 4) is 0 Å². The Morgan fingerprint density at radius 2 is 1.75 bits per heavy atom. The lowest BCUT2D eigenvalue weighted by molar-refractivity contribution is -0.150. The first-order valence-electron chi connectivity index (χ1n) is 3.56. The Morgan fingerprint density at radius 3 is 2.08 bits per heavy atom. The molecule has 6 nitrogen and oxygen atoms in total. The molecule has 1 aliphatic heterocycles. The summed E-state index contributed by atoms with van der Waals surface area (Å²) in [5, 5.41) is 44.4. The molecule has 0 spiro atoms. The predicted molar refractivity (Wildman–Crippen MR) is 36.0 cm³/mol. The monoisotopic (exact) mass is 180 g/mol. The Hall–Kier alpha value is -0.240. The molecule has 1 aliphatic rings. The van der Waals surface area contributed by atoms with Crippen LogP contribution in [-0.4, -0.2) is 62.8 Å². The molecule has 0 radical (unpaired) electrons. The highest BCUT2D eigenvalue weighted by Crippen LogP contribution is 2.21. The van der Waals surface area contributed by atoms with Gasteiger partial charge in [-0.2, -0.15) is 0 Å². The van der Waals surface area contributed by atoms with Gasteiger partial charge in [0.1, 0.15) is 24.4 Å². The summed E-state index contributed by atoms with van der Waals surface area (Å²) in [6.45, 7) is -0.596. The fourth-order valence-corrected chi connectivity index (χ4v) is 1.11. The van der Waals surface area contributed by atoms with Gasteiger partial charge in [-0.3, -0.25) is 0 Å². The van der Waals surface area contributed by atoms with Crippen LogP contribution in [0.5, 0.6) is 0 Å². The third-order valence-corrected chi connectivity index (χ3v) is 1.84. The van der Waals surface area contributed by atoms with Crippen LogP contribution in [-0.2, 0) is 4.74 Å². The molecule has 5 atom stereocenters. The Balaban J connectivity index is 2.58. The van der Waals surface area contributed by atoms with E-state index < -0.39 is 37.3 Å². The van der Waals surface area contributed by atoms with Crippen molar-refractivity contribution in [2.45, 2.75) is 30.7 Å². The maximum atomic E-state index is 9.12. The van der Waals surface area contributed by atoms with Gasteiger partial charge in [-0.15, -0.1) is 0 Å². The molecule has 0 aromatic rings. The van der Waals surface area contributed by atoms with Crippen LogP contribution in [0.1, 0.15) is 0 Å². The second kappa shape index (κ2) is 3.65. The molecule has 6 heteroatoms. The van der Waals surface area contributed by atoms with Crippen LogP contribution in [0, 0.1) is 0 Å². The molecule has 72 valence electrons. The first kappa shape index (κ1) is 9.85. The lowest BCUT2D eigenvalue weighted by Crippen LogP contribution is -2.40. The van der Waals surface area contributed by atoms with Gasteiger partial charge in [-0.05, 0) is 0 Å². The van der Waals surface area contributed by atoms with Crippen LogP contribution in [0.2, 0.25) is 0 Å². The third-order valence-electron chi connectivity index (χ3n) is 1.84. The quantitative estimate of drug-likeness (QED) is 0.306. The van der Waals surface area contributed by atoms with Crippen LogP contribution in [0.25, 0.3) is 0 Å². The van der Waals surface area contributed by atoms with Crippen molar-refractivity contribution in [1.29, 1.82) is 0 Å². The minimum atomic E-state index is -1.51. The Morgan fingerprint density at radius 1 is 1.17 bits per heavy atom. The molecular weight excluding hydrogens is 168 g/mol. The van der Waals surface area contributed by atoms with Gasteiger partial charge < -0.3 is 30.3 Å². The Labute approximate surface area is 68.6 Å². The average Bonchev–Trinajstić information content (AvgIpc) is 2.32. The molecular formula is C6H12O6. The summed E-state index contributed by atoms with van der Waals surface area (Å²) in [5.74, 6) is 0.